The molecule has 1 radical (unpaired) electrons. The van der Waals surface area contributed by atoms with Gasteiger partial charge in [0.15, 0.2) is 0 Å². The molecule has 0 atom stereocenters. The lowest BCUT2D eigenvalue weighted by atomic mass is 10.1. The highest BCUT2D eigenvalue weighted by Crippen LogP contribution is 2.07. The van der Waals surface area contributed by atoms with Gasteiger partial charge in [0.2, 0.25) is 0 Å². The SMILES string of the molecule is [CH2]CCCCCCCCCNCCNCCCN. The molecule has 0 aliphatic rings. The van der Waals surface area contributed by atoms with Gasteiger partial charge >= 0.3 is 0 Å². The zero-order chi connectivity index (χ0) is 13.3. The van der Waals surface area contributed by atoms with E-state index in [1.165, 1.54) is 44.9 Å². The molecular formula is C15H34N3. The highest BCUT2D eigenvalue weighted by Gasteiger charge is 1.92. The number of nitrogens with two attached hydrogens (primary N) is 1. The van der Waals surface area contributed by atoms with E-state index in [4.69, 9.17) is 5.73 Å². The van der Waals surface area contributed by atoms with E-state index >= 15 is 0 Å². The standard InChI is InChI=1S/C15H34N3/c1-2-3-4-5-6-7-8-9-12-17-14-15-18-13-10-11-16/h17-18H,1-16H2. The van der Waals surface area contributed by atoms with Crippen molar-refractivity contribution in [1.82, 2.24) is 10.6 Å². The molecule has 0 aromatic carbocycles. The van der Waals surface area contributed by atoms with Crippen LogP contribution in [0.2, 0.25) is 0 Å². The monoisotopic (exact) mass is 256 g/mol. The van der Waals surface area contributed by atoms with E-state index in [9.17, 15) is 0 Å². The number of hydrogen-bond donors (Lipinski definition) is 3. The first-order valence-electron chi connectivity index (χ1n) is 7.82. The van der Waals surface area contributed by atoms with Crippen LogP contribution in [0, 0.1) is 6.92 Å². The number of rotatable bonds is 15. The third-order valence-corrected chi connectivity index (χ3v) is 3.14. The van der Waals surface area contributed by atoms with Gasteiger partial charge in [-0.15, -0.1) is 0 Å². The lowest BCUT2D eigenvalue weighted by molar-refractivity contribution is 0.547. The summed E-state index contributed by atoms with van der Waals surface area (Å²) in [6.45, 7) is 9.00. The number of nitrogens with one attached hydrogen (secondary N) is 2. The van der Waals surface area contributed by atoms with Gasteiger partial charge in [-0.05, 0) is 32.5 Å². The predicted molar refractivity (Wildman–Crippen MR) is 81.7 cm³/mol. The summed E-state index contributed by atoms with van der Waals surface area (Å²) in [5.41, 5.74) is 5.42. The molecule has 0 heterocycles. The molecule has 0 aromatic heterocycles. The van der Waals surface area contributed by atoms with Crippen LogP contribution in [-0.2, 0) is 0 Å². The average molecular weight is 256 g/mol. The van der Waals surface area contributed by atoms with Gasteiger partial charge in [0, 0.05) is 13.1 Å². The Morgan fingerprint density at radius 1 is 0.611 bits per heavy atom. The maximum Gasteiger partial charge on any atom is 0.00767 e. The van der Waals surface area contributed by atoms with Crippen LogP contribution in [0.4, 0.5) is 0 Å². The van der Waals surface area contributed by atoms with Crippen LogP contribution in [0.3, 0.4) is 0 Å². The van der Waals surface area contributed by atoms with Crippen LogP contribution in [0.25, 0.3) is 0 Å². The van der Waals surface area contributed by atoms with Crippen molar-refractivity contribution < 1.29 is 0 Å². The summed E-state index contributed by atoms with van der Waals surface area (Å²) in [6.07, 6.45) is 11.7. The van der Waals surface area contributed by atoms with Crippen LogP contribution in [0.1, 0.15) is 57.8 Å². The molecule has 0 aliphatic carbocycles. The first-order valence-corrected chi connectivity index (χ1v) is 7.82. The Labute approximate surface area is 114 Å². The van der Waals surface area contributed by atoms with E-state index in [-0.39, 0.29) is 0 Å². The fourth-order valence-corrected chi connectivity index (χ4v) is 1.96. The van der Waals surface area contributed by atoms with Gasteiger partial charge in [-0.2, -0.15) is 0 Å². The van der Waals surface area contributed by atoms with Crippen molar-refractivity contribution in [2.24, 2.45) is 5.73 Å². The van der Waals surface area contributed by atoms with Crippen LogP contribution in [-0.4, -0.2) is 32.7 Å². The van der Waals surface area contributed by atoms with Crippen LogP contribution >= 0.6 is 0 Å². The Balaban J connectivity index is 2.86. The van der Waals surface area contributed by atoms with E-state index < -0.39 is 0 Å². The van der Waals surface area contributed by atoms with Crippen molar-refractivity contribution in [2.75, 3.05) is 32.7 Å². The molecule has 0 rings (SSSR count). The van der Waals surface area contributed by atoms with E-state index in [0.29, 0.717) is 0 Å². The van der Waals surface area contributed by atoms with Gasteiger partial charge < -0.3 is 16.4 Å². The number of unbranched alkanes of at least 4 members (excludes halogenated alkanes) is 7. The summed E-state index contributed by atoms with van der Waals surface area (Å²) in [6, 6.07) is 0. The van der Waals surface area contributed by atoms with E-state index in [2.05, 4.69) is 17.6 Å². The molecule has 0 bridgehead atoms. The summed E-state index contributed by atoms with van der Waals surface area (Å²) in [5, 5.41) is 6.84. The van der Waals surface area contributed by atoms with Crippen molar-refractivity contribution in [2.45, 2.75) is 57.8 Å². The third kappa shape index (κ3) is 15.9. The minimum absolute atomic E-state index is 0.787. The second-order valence-corrected chi connectivity index (χ2v) is 4.97. The van der Waals surface area contributed by atoms with Crippen LogP contribution in [0.5, 0.6) is 0 Å². The van der Waals surface area contributed by atoms with Gasteiger partial charge in [-0.25, -0.2) is 0 Å². The van der Waals surface area contributed by atoms with Gasteiger partial charge in [-0.1, -0.05) is 51.9 Å². The summed E-state index contributed by atoms with van der Waals surface area (Å²) >= 11 is 0. The van der Waals surface area contributed by atoms with Crippen molar-refractivity contribution in [3.8, 4) is 0 Å². The lowest BCUT2D eigenvalue weighted by Gasteiger charge is -2.06. The zero-order valence-electron chi connectivity index (χ0n) is 12.2. The van der Waals surface area contributed by atoms with E-state index in [0.717, 1.165) is 45.6 Å². The second-order valence-electron chi connectivity index (χ2n) is 4.97. The molecule has 0 saturated carbocycles. The topological polar surface area (TPSA) is 50.1 Å². The molecule has 0 amide bonds. The van der Waals surface area contributed by atoms with Crippen molar-refractivity contribution in [1.29, 1.82) is 0 Å². The van der Waals surface area contributed by atoms with E-state index in [1.54, 1.807) is 0 Å². The quantitative estimate of drug-likeness (QED) is 0.395. The van der Waals surface area contributed by atoms with Gasteiger partial charge in [0.05, 0.1) is 0 Å². The minimum Gasteiger partial charge on any atom is -0.330 e. The van der Waals surface area contributed by atoms with Crippen molar-refractivity contribution in [3.63, 3.8) is 0 Å². The molecule has 109 valence electrons. The maximum atomic E-state index is 5.42. The Kier molecular flexibility index (Phi) is 16.8. The van der Waals surface area contributed by atoms with Gasteiger partial charge in [-0.3, -0.25) is 0 Å². The summed E-state index contributed by atoms with van der Waals surface area (Å²) < 4.78 is 0. The van der Waals surface area contributed by atoms with Crippen molar-refractivity contribution in [3.05, 3.63) is 6.92 Å². The smallest absolute Gasteiger partial charge is 0.00767 e. The van der Waals surface area contributed by atoms with E-state index in [1.807, 2.05) is 0 Å². The molecule has 0 aromatic rings. The molecule has 0 spiro atoms. The molecule has 3 heteroatoms. The fourth-order valence-electron chi connectivity index (χ4n) is 1.96. The fraction of sp³-hybridized carbons (Fsp3) is 0.933. The molecule has 0 saturated heterocycles. The molecule has 18 heavy (non-hydrogen) atoms. The first-order chi connectivity index (χ1) is 8.91. The molecule has 0 fully saturated rings. The number of hydrogen-bond acceptors (Lipinski definition) is 3. The Hall–Kier alpha value is -0.120. The normalized spacial score (nSPS) is 11.0. The lowest BCUT2D eigenvalue weighted by Crippen LogP contribution is -2.29. The molecule has 0 aliphatic heterocycles. The highest BCUT2D eigenvalue weighted by molar-refractivity contribution is 4.54. The molecule has 0 unspecified atom stereocenters. The zero-order valence-corrected chi connectivity index (χ0v) is 12.2. The second kappa shape index (κ2) is 16.9. The third-order valence-electron chi connectivity index (χ3n) is 3.14. The molecular weight excluding hydrogens is 222 g/mol. The highest BCUT2D eigenvalue weighted by atomic mass is 14.9. The average Bonchev–Trinajstić information content (AvgIpc) is 2.39. The molecule has 3 nitrogen and oxygen atoms in total. The van der Waals surface area contributed by atoms with Crippen molar-refractivity contribution >= 4 is 0 Å². The van der Waals surface area contributed by atoms with Gasteiger partial charge in [0.25, 0.3) is 0 Å². The summed E-state index contributed by atoms with van der Waals surface area (Å²) in [4.78, 5) is 0. The predicted octanol–water partition coefficient (Wildman–Crippen LogP) is 2.47. The first kappa shape index (κ1) is 17.9. The maximum absolute atomic E-state index is 5.42. The summed E-state index contributed by atoms with van der Waals surface area (Å²) in [5.74, 6) is 0. The van der Waals surface area contributed by atoms with Crippen LogP contribution in [0.15, 0.2) is 0 Å². The minimum atomic E-state index is 0.787. The van der Waals surface area contributed by atoms with Crippen LogP contribution < -0.4 is 16.4 Å². The largest absolute Gasteiger partial charge is 0.330 e. The molecule has 4 N–H and O–H groups in total. The van der Waals surface area contributed by atoms with Gasteiger partial charge in [0.1, 0.15) is 0 Å². The Morgan fingerprint density at radius 2 is 1.11 bits per heavy atom. The Morgan fingerprint density at radius 3 is 1.67 bits per heavy atom. The Bertz CT molecular complexity index is 124. The summed E-state index contributed by atoms with van der Waals surface area (Å²) in [7, 11) is 0.